The van der Waals surface area contributed by atoms with Gasteiger partial charge >= 0.3 is 0 Å². The van der Waals surface area contributed by atoms with Crippen LogP contribution < -0.4 is 0 Å². The zero-order valence-corrected chi connectivity index (χ0v) is 24.3. The van der Waals surface area contributed by atoms with Crippen molar-refractivity contribution >= 4 is 43.6 Å². The molecule has 4 nitrogen and oxygen atoms in total. The van der Waals surface area contributed by atoms with Crippen LogP contribution in [0.15, 0.2) is 121 Å². The van der Waals surface area contributed by atoms with Crippen LogP contribution in [-0.2, 0) is 0 Å². The Kier molecular flexibility index (Phi) is 5.66. The third kappa shape index (κ3) is 3.76. The maximum atomic E-state index is 9.47. The van der Waals surface area contributed by atoms with Crippen LogP contribution in [0.5, 0.6) is 0 Å². The van der Waals surface area contributed by atoms with Gasteiger partial charge in [-0.2, -0.15) is 10.5 Å². The molecule has 0 N–H and O–H groups in total. The van der Waals surface area contributed by atoms with Gasteiger partial charge in [-0.3, -0.25) is 0 Å². The minimum Gasteiger partial charge on any atom is -0.309 e. The van der Waals surface area contributed by atoms with Crippen molar-refractivity contribution in [2.24, 2.45) is 0 Å². The molecule has 0 amide bonds. The quantitative estimate of drug-likeness (QED) is 0.215. The van der Waals surface area contributed by atoms with Gasteiger partial charge in [-0.05, 0) is 109 Å². The zero-order valence-electron chi connectivity index (χ0n) is 24.3. The lowest BCUT2D eigenvalue weighted by atomic mass is 10.0. The molecule has 6 aromatic carbocycles. The van der Waals surface area contributed by atoms with E-state index < -0.39 is 0 Å². The van der Waals surface area contributed by atoms with Crippen LogP contribution in [0, 0.1) is 36.5 Å². The fourth-order valence-electron chi connectivity index (χ4n) is 6.69. The number of para-hydroxylation sites is 2. The van der Waals surface area contributed by atoms with Gasteiger partial charge in [-0.1, -0.05) is 48.5 Å². The number of hydrogen-bond donors (Lipinski definition) is 0. The van der Waals surface area contributed by atoms with Gasteiger partial charge in [-0.15, -0.1) is 0 Å². The minimum absolute atomic E-state index is 0.697. The molecule has 0 bridgehead atoms. The lowest BCUT2D eigenvalue weighted by Gasteiger charge is -2.11. The van der Waals surface area contributed by atoms with Gasteiger partial charge in [0.15, 0.2) is 0 Å². The van der Waals surface area contributed by atoms with Crippen molar-refractivity contribution in [1.29, 1.82) is 10.5 Å². The van der Waals surface area contributed by atoms with E-state index in [-0.39, 0.29) is 0 Å². The molecular formula is C40H26N4. The zero-order chi connectivity index (χ0) is 29.9. The highest BCUT2D eigenvalue weighted by atomic mass is 15.0. The summed E-state index contributed by atoms with van der Waals surface area (Å²) in [6, 6.07) is 47.1. The highest BCUT2D eigenvalue weighted by Gasteiger charge is 2.16. The Morgan fingerprint density at radius 3 is 1.25 bits per heavy atom. The third-order valence-electron chi connectivity index (χ3n) is 8.86. The van der Waals surface area contributed by atoms with E-state index in [1.54, 1.807) is 0 Å². The molecule has 0 saturated heterocycles. The van der Waals surface area contributed by atoms with Gasteiger partial charge in [0.1, 0.15) is 0 Å². The molecule has 2 aromatic heterocycles. The van der Waals surface area contributed by atoms with E-state index >= 15 is 0 Å². The van der Waals surface area contributed by atoms with Crippen molar-refractivity contribution in [3.63, 3.8) is 0 Å². The Morgan fingerprint density at radius 2 is 0.841 bits per heavy atom. The average molecular weight is 563 g/mol. The van der Waals surface area contributed by atoms with Crippen LogP contribution in [0.2, 0.25) is 0 Å². The van der Waals surface area contributed by atoms with E-state index in [0.717, 1.165) is 55.7 Å². The molecule has 44 heavy (non-hydrogen) atoms. The molecule has 0 aliphatic rings. The number of nitrogens with zero attached hydrogens (tertiary/aromatic N) is 4. The highest BCUT2D eigenvalue weighted by molar-refractivity contribution is 6.12. The Hall–Kier alpha value is -6.10. The molecule has 0 atom stereocenters. The van der Waals surface area contributed by atoms with Crippen molar-refractivity contribution in [2.45, 2.75) is 13.8 Å². The maximum Gasteiger partial charge on any atom is 0.0994 e. The molecule has 8 aromatic rings. The molecule has 8 rings (SSSR count). The van der Waals surface area contributed by atoms with E-state index in [9.17, 15) is 10.5 Å². The van der Waals surface area contributed by atoms with Gasteiger partial charge in [0, 0.05) is 32.9 Å². The average Bonchev–Trinajstić information content (AvgIpc) is 3.57. The molecule has 0 saturated carbocycles. The van der Waals surface area contributed by atoms with E-state index in [0.29, 0.717) is 11.1 Å². The normalized spacial score (nSPS) is 11.4. The molecule has 0 aliphatic heterocycles. The lowest BCUT2D eigenvalue weighted by molar-refractivity contribution is 1.17. The first-order valence-corrected chi connectivity index (χ1v) is 14.6. The molecule has 0 unspecified atom stereocenters. The molecule has 0 spiro atoms. The van der Waals surface area contributed by atoms with Crippen LogP contribution in [0.25, 0.3) is 66.1 Å². The van der Waals surface area contributed by atoms with E-state index in [1.165, 1.54) is 21.5 Å². The topological polar surface area (TPSA) is 57.4 Å². The highest BCUT2D eigenvalue weighted by Crippen LogP contribution is 2.38. The standard InChI is InChI=1S/C40H26N4/c1-25-19-31(15-11-29(25)23-41)43-37-9-5-3-7-33(37)35-21-27(13-17-39(35)43)28-14-18-40-36(22-28)34-8-4-6-10-38(34)44(40)32-16-12-30(24-42)26(2)20-32/h3-22H,1-2H3. The van der Waals surface area contributed by atoms with Crippen molar-refractivity contribution in [3.05, 3.63) is 144 Å². The fourth-order valence-corrected chi connectivity index (χ4v) is 6.69. The number of nitriles is 2. The molecule has 206 valence electrons. The molecule has 0 fully saturated rings. The van der Waals surface area contributed by atoms with Crippen LogP contribution in [0.4, 0.5) is 0 Å². The van der Waals surface area contributed by atoms with Gasteiger partial charge in [0.2, 0.25) is 0 Å². The Balaban J connectivity index is 1.32. The minimum atomic E-state index is 0.697. The van der Waals surface area contributed by atoms with E-state index in [1.807, 2.05) is 38.1 Å². The van der Waals surface area contributed by atoms with Crippen molar-refractivity contribution in [1.82, 2.24) is 9.13 Å². The molecule has 0 radical (unpaired) electrons. The number of fused-ring (bicyclic) bond motifs is 6. The van der Waals surface area contributed by atoms with E-state index in [4.69, 9.17) is 0 Å². The van der Waals surface area contributed by atoms with Gasteiger partial charge < -0.3 is 9.13 Å². The van der Waals surface area contributed by atoms with Crippen LogP contribution in [0.1, 0.15) is 22.3 Å². The van der Waals surface area contributed by atoms with Gasteiger partial charge in [0.25, 0.3) is 0 Å². The smallest absolute Gasteiger partial charge is 0.0994 e. The molecular weight excluding hydrogens is 536 g/mol. The number of hydrogen-bond acceptors (Lipinski definition) is 2. The summed E-state index contributed by atoms with van der Waals surface area (Å²) in [5.41, 5.74) is 12.3. The Labute approximate surface area is 254 Å². The van der Waals surface area contributed by atoms with Crippen molar-refractivity contribution < 1.29 is 0 Å². The summed E-state index contributed by atoms with van der Waals surface area (Å²) >= 11 is 0. The lowest BCUT2D eigenvalue weighted by Crippen LogP contribution is -1.96. The Morgan fingerprint density at radius 1 is 0.432 bits per heavy atom. The second-order valence-electron chi connectivity index (χ2n) is 11.4. The first-order valence-electron chi connectivity index (χ1n) is 14.6. The summed E-state index contributed by atoms with van der Waals surface area (Å²) < 4.78 is 4.58. The van der Waals surface area contributed by atoms with Crippen LogP contribution in [0.3, 0.4) is 0 Å². The first kappa shape index (κ1) is 25.6. The summed E-state index contributed by atoms with van der Waals surface area (Å²) in [5, 5.41) is 23.7. The predicted molar refractivity (Wildman–Crippen MR) is 179 cm³/mol. The number of aromatic nitrogens is 2. The summed E-state index contributed by atoms with van der Waals surface area (Å²) in [6.45, 7) is 3.98. The van der Waals surface area contributed by atoms with Crippen molar-refractivity contribution in [2.75, 3.05) is 0 Å². The van der Waals surface area contributed by atoms with Crippen LogP contribution in [-0.4, -0.2) is 9.13 Å². The first-order chi connectivity index (χ1) is 21.6. The summed E-state index contributed by atoms with van der Waals surface area (Å²) in [7, 11) is 0. The molecule has 0 aliphatic carbocycles. The van der Waals surface area contributed by atoms with Crippen molar-refractivity contribution in [3.8, 4) is 34.6 Å². The Bertz CT molecular complexity index is 2370. The summed E-state index contributed by atoms with van der Waals surface area (Å²) in [6.07, 6.45) is 0. The third-order valence-corrected chi connectivity index (χ3v) is 8.86. The number of rotatable bonds is 3. The number of aryl methyl sites for hydroxylation is 2. The van der Waals surface area contributed by atoms with Crippen LogP contribution >= 0.6 is 0 Å². The monoisotopic (exact) mass is 562 g/mol. The SMILES string of the molecule is Cc1cc(-n2c3ccccc3c3cc(-c4ccc5c(c4)c4ccccc4n5-c4ccc(C#N)c(C)c4)ccc32)ccc1C#N. The predicted octanol–water partition coefficient (Wildman–Crippen LogP) is 9.91. The van der Waals surface area contributed by atoms with Gasteiger partial charge in [-0.25, -0.2) is 0 Å². The molecule has 4 heteroatoms. The molecule has 2 heterocycles. The van der Waals surface area contributed by atoms with Gasteiger partial charge in [0.05, 0.1) is 45.3 Å². The summed E-state index contributed by atoms with van der Waals surface area (Å²) in [4.78, 5) is 0. The fraction of sp³-hybridized carbons (Fsp3) is 0.0500. The van der Waals surface area contributed by atoms with E-state index in [2.05, 4.69) is 118 Å². The maximum absolute atomic E-state index is 9.47. The second kappa shape index (κ2) is 9.73. The number of benzene rings is 6. The second-order valence-corrected chi connectivity index (χ2v) is 11.4. The summed E-state index contributed by atoms with van der Waals surface area (Å²) in [5.74, 6) is 0. The largest absolute Gasteiger partial charge is 0.309 e.